The Bertz CT molecular complexity index is 959. The zero-order chi connectivity index (χ0) is 18.1. The molecule has 1 aliphatic rings. The molecule has 2 aromatic carbocycles. The highest BCUT2D eigenvalue weighted by atomic mass is 32.1. The van der Waals surface area contributed by atoms with Crippen molar-refractivity contribution in [3.8, 4) is 10.4 Å². The highest BCUT2D eigenvalue weighted by molar-refractivity contribution is 7.18. The maximum Gasteiger partial charge on any atom is 0.348 e. The number of hydrogen-bond acceptors (Lipinski definition) is 3. The summed E-state index contributed by atoms with van der Waals surface area (Å²) >= 11 is 1.18. The van der Waals surface area contributed by atoms with Gasteiger partial charge in [-0.15, -0.1) is 11.3 Å². The van der Waals surface area contributed by atoms with E-state index in [9.17, 15) is 14.7 Å². The van der Waals surface area contributed by atoms with Gasteiger partial charge in [-0.05, 0) is 30.0 Å². The van der Waals surface area contributed by atoms with E-state index >= 15 is 0 Å². The molecule has 0 saturated heterocycles. The lowest BCUT2D eigenvalue weighted by Gasteiger charge is -2.15. The van der Waals surface area contributed by atoms with Crippen molar-refractivity contribution >= 4 is 28.9 Å². The molecule has 5 heteroatoms. The number of aromatic carboxylic acids is 1. The van der Waals surface area contributed by atoms with Crippen LogP contribution in [0.2, 0.25) is 0 Å². The summed E-state index contributed by atoms with van der Waals surface area (Å²) in [7, 11) is 0. The Kier molecular flexibility index (Phi) is 4.09. The summed E-state index contributed by atoms with van der Waals surface area (Å²) in [6, 6.07) is 21.0. The molecule has 1 fully saturated rings. The SMILES string of the molecule is O=C(O)c1sc(-c2ccccc2)cc1NC(=O)C1(c2ccccc2)CC1. The second-order valence-electron chi connectivity index (χ2n) is 6.43. The first-order valence-electron chi connectivity index (χ1n) is 8.40. The fraction of sp³-hybridized carbons (Fsp3) is 0.143. The third-order valence-corrected chi connectivity index (χ3v) is 5.92. The number of carboxylic acids is 1. The van der Waals surface area contributed by atoms with Crippen molar-refractivity contribution in [1.82, 2.24) is 0 Å². The van der Waals surface area contributed by atoms with Crippen molar-refractivity contribution in [3.05, 3.63) is 77.2 Å². The van der Waals surface area contributed by atoms with Crippen LogP contribution in [-0.4, -0.2) is 17.0 Å². The summed E-state index contributed by atoms with van der Waals surface area (Å²) < 4.78 is 0. The standard InChI is InChI=1S/C21H17NO3S/c23-19(24)18-16(13-17(26-18)14-7-3-1-4-8-14)22-20(25)21(11-12-21)15-9-5-2-6-10-15/h1-10,13H,11-12H2,(H,22,25)(H,23,24). The molecule has 130 valence electrons. The second kappa shape index (κ2) is 6.42. The Morgan fingerprint density at radius 2 is 1.58 bits per heavy atom. The molecule has 0 atom stereocenters. The van der Waals surface area contributed by atoms with Crippen molar-refractivity contribution in [3.63, 3.8) is 0 Å². The summed E-state index contributed by atoms with van der Waals surface area (Å²) in [4.78, 5) is 25.5. The number of nitrogens with one attached hydrogen (secondary N) is 1. The zero-order valence-corrected chi connectivity index (χ0v) is 14.8. The lowest BCUT2D eigenvalue weighted by Crippen LogP contribution is -2.28. The highest BCUT2D eigenvalue weighted by Gasteiger charge is 2.51. The largest absolute Gasteiger partial charge is 0.477 e. The molecule has 0 radical (unpaired) electrons. The van der Waals surface area contributed by atoms with Crippen molar-refractivity contribution in [2.75, 3.05) is 5.32 Å². The van der Waals surface area contributed by atoms with Gasteiger partial charge in [0.15, 0.2) is 0 Å². The topological polar surface area (TPSA) is 66.4 Å². The van der Waals surface area contributed by atoms with E-state index in [2.05, 4.69) is 5.32 Å². The van der Waals surface area contributed by atoms with Crippen molar-refractivity contribution < 1.29 is 14.7 Å². The summed E-state index contributed by atoms with van der Waals surface area (Å²) in [5.41, 5.74) is 1.75. The Morgan fingerprint density at radius 1 is 0.962 bits per heavy atom. The Hall–Kier alpha value is -2.92. The minimum absolute atomic E-state index is 0.136. The second-order valence-corrected chi connectivity index (χ2v) is 7.48. The summed E-state index contributed by atoms with van der Waals surface area (Å²) in [5, 5.41) is 12.4. The molecule has 4 nitrogen and oxygen atoms in total. The van der Waals surface area contributed by atoms with E-state index in [1.807, 2.05) is 60.7 Å². The molecule has 26 heavy (non-hydrogen) atoms. The number of carbonyl (C=O) groups is 2. The Labute approximate surface area is 155 Å². The quantitative estimate of drug-likeness (QED) is 0.685. The molecule has 4 rings (SSSR count). The predicted molar refractivity (Wildman–Crippen MR) is 103 cm³/mol. The zero-order valence-electron chi connectivity index (χ0n) is 13.9. The van der Waals surface area contributed by atoms with Crippen molar-refractivity contribution in [2.24, 2.45) is 0 Å². The van der Waals surface area contributed by atoms with Crippen LogP contribution in [-0.2, 0) is 10.2 Å². The van der Waals surface area contributed by atoms with Gasteiger partial charge in [0.05, 0.1) is 11.1 Å². The Morgan fingerprint density at radius 3 is 2.15 bits per heavy atom. The van der Waals surface area contributed by atoms with Gasteiger partial charge in [-0.1, -0.05) is 60.7 Å². The molecule has 0 aliphatic heterocycles. The van der Waals surface area contributed by atoms with E-state index < -0.39 is 11.4 Å². The van der Waals surface area contributed by atoms with Crippen LogP contribution in [0, 0.1) is 0 Å². The number of carboxylic acid groups (broad SMARTS) is 1. The van der Waals surface area contributed by atoms with Gasteiger partial charge in [-0.2, -0.15) is 0 Å². The number of carbonyl (C=O) groups excluding carboxylic acids is 1. The van der Waals surface area contributed by atoms with Crippen molar-refractivity contribution in [2.45, 2.75) is 18.3 Å². The third-order valence-electron chi connectivity index (χ3n) is 4.74. The number of amides is 1. The van der Waals surface area contributed by atoms with E-state index in [4.69, 9.17) is 0 Å². The summed E-state index contributed by atoms with van der Waals surface area (Å²) in [5.74, 6) is -1.17. The van der Waals surface area contributed by atoms with E-state index in [1.54, 1.807) is 6.07 Å². The lowest BCUT2D eigenvalue weighted by atomic mass is 9.95. The van der Waals surface area contributed by atoms with Crippen LogP contribution in [0.4, 0.5) is 5.69 Å². The minimum atomic E-state index is -1.03. The van der Waals surface area contributed by atoms with E-state index in [1.165, 1.54) is 11.3 Å². The summed E-state index contributed by atoms with van der Waals surface area (Å²) in [6.45, 7) is 0. The van der Waals surface area contributed by atoms with E-state index in [0.717, 1.165) is 28.8 Å². The monoisotopic (exact) mass is 363 g/mol. The van der Waals surface area contributed by atoms with Gasteiger partial charge in [0.25, 0.3) is 0 Å². The molecule has 3 aromatic rings. The maximum absolute atomic E-state index is 12.9. The molecule has 1 aliphatic carbocycles. The fourth-order valence-electron chi connectivity index (χ4n) is 3.16. The summed E-state index contributed by atoms with van der Waals surface area (Å²) in [6.07, 6.45) is 1.56. The third kappa shape index (κ3) is 2.91. The first-order chi connectivity index (χ1) is 12.6. The van der Waals surface area contributed by atoms with Crippen LogP contribution < -0.4 is 5.32 Å². The van der Waals surface area contributed by atoms with Crippen LogP contribution in [0.1, 0.15) is 28.1 Å². The number of hydrogen-bond donors (Lipinski definition) is 2. The average molecular weight is 363 g/mol. The molecular weight excluding hydrogens is 346 g/mol. The highest BCUT2D eigenvalue weighted by Crippen LogP contribution is 2.49. The predicted octanol–water partition coefficient (Wildman–Crippen LogP) is 4.78. The van der Waals surface area contributed by atoms with Gasteiger partial charge in [0.2, 0.25) is 5.91 Å². The molecule has 0 bridgehead atoms. The normalized spacial score (nSPS) is 14.6. The molecule has 1 amide bonds. The fourth-order valence-corrected chi connectivity index (χ4v) is 4.12. The van der Waals surface area contributed by atoms with Crippen LogP contribution in [0.25, 0.3) is 10.4 Å². The number of rotatable bonds is 5. The minimum Gasteiger partial charge on any atom is -0.477 e. The van der Waals surface area contributed by atoms with Crippen LogP contribution in [0.3, 0.4) is 0 Å². The molecule has 2 N–H and O–H groups in total. The first-order valence-corrected chi connectivity index (χ1v) is 9.21. The van der Waals surface area contributed by atoms with Gasteiger partial charge >= 0.3 is 5.97 Å². The molecule has 0 unspecified atom stereocenters. The molecule has 1 aromatic heterocycles. The van der Waals surface area contributed by atoms with Gasteiger partial charge in [-0.25, -0.2) is 4.79 Å². The van der Waals surface area contributed by atoms with Gasteiger partial charge < -0.3 is 10.4 Å². The van der Waals surface area contributed by atoms with Gasteiger partial charge in [-0.3, -0.25) is 4.79 Å². The average Bonchev–Trinajstić information content (AvgIpc) is 3.38. The number of thiophene rings is 1. The van der Waals surface area contributed by atoms with Crippen LogP contribution >= 0.6 is 11.3 Å². The van der Waals surface area contributed by atoms with E-state index in [0.29, 0.717) is 5.69 Å². The first kappa shape index (κ1) is 16.5. The van der Waals surface area contributed by atoms with Gasteiger partial charge in [0.1, 0.15) is 4.88 Å². The molecule has 1 saturated carbocycles. The van der Waals surface area contributed by atoms with Crippen LogP contribution in [0.15, 0.2) is 66.7 Å². The smallest absolute Gasteiger partial charge is 0.348 e. The molecule has 0 spiro atoms. The number of anilines is 1. The van der Waals surface area contributed by atoms with Gasteiger partial charge in [0, 0.05) is 4.88 Å². The van der Waals surface area contributed by atoms with Crippen LogP contribution in [0.5, 0.6) is 0 Å². The molecular formula is C21H17NO3S. The Balaban J connectivity index is 1.65. The molecule has 1 heterocycles. The van der Waals surface area contributed by atoms with E-state index in [-0.39, 0.29) is 10.8 Å². The lowest BCUT2D eigenvalue weighted by molar-refractivity contribution is -0.118. The number of benzene rings is 2. The van der Waals surface area contributed by atoms with Crippen molar-refractivity contribution in [1.29, 1.82) is 0 Å². The maximum atomic E-state index is 12.9.